The number of benzene rings is 3. The Balaban J connectivity index is 1.33. The minimum Gasteiger partial charge on any atom is -0.480 e. The lowest BCUT2D eigenvalue weighted by Crippen LogP contribution is -2.62. The number of likely N-dealkylation sites (tertiary alicyclic amines) is 1. The Morgan fingerprint density at radius 3 is 2.21 bits per heavy atom. The molecule has 0 bridgehead atoms. The maximum absolute atomic E-state index is 13.7. The van der Waals surface area contributed by atoms with Crippen LogP contribution < -0.4 is 5.32 Å². The molecule has 0 saturated carbocycles. The zero-order valence-electron chi connectivity index (χ0n) is 22.2. The molecular weight excluding hydrogens is 494 g/mol. The average molecular weight is 528 g/mol. The number of amides is 2. The van der Waals surface area contributed by atoms with Gasteiger partial charge in [-0.15, -0.1) is 0 Å². The number of carbonyl (C=O) groups excluding carboxylic acids is 2. The van der Waals surface area contributed by atoms with Gasteiger partial charge in [0.1, 0.15) is 18.2 Å². The summed E-state index contributed by atoms with van der Waals surface area (Å²) in [5.41, 5.74) is 4.25. The van der Waals surface area contributed by atoms with Crippen LogP contribution in [0, 0.1) is 0 Å². The van der Waals surface area contributed by atoms with Crippen LogP contribution in [0.5, 0.6) is 0 Å². The molecule has 2 N–H and O–H groups in total. The molecule has 39 heavy (non-hydrogen) atoms. The number of carboxylic acid groups (broad SMARTS) is 1. The van der Waals surface area contributed by atoms with Gasteiger partial charge in [-0.05, 0) is 41.2 Å². The summed E-state index contributed by atoms with van der Waals surface area (Å²) in [5.74, 6) is -1.66. The molecule has 8 nitrogen and oxygen atoms in total. The van der Waals surface area contributed by atoms with Gasteiger partial charge in [0.05, 0.1) is 0 Å². The van der Waals surface area contributed by atoms with Crippen LogP contribution in [0.4, 0.5) is 4.79 Å². The monoisotopic (exact) mass is 527 g/mol. The van der Waals surface area contributed by atoms with Crippen molar-refractivity contribution in [1.82, 2.24) is 15.1 Å². The van der Waals surface area contributed by atoms with Crippen LogP contribution in [0.15, 0.2) is 78.9 Å². The smallest absolute Gasteiger partial charge is 0.408 e. The molecule has 3 aromatic carbocycles. The van der Waals surface area contributed by atoms with Gasteiger partial charge < -0.3 is 20.1 Å². The molecule has 2 atom stereocenters. The lowest BCUT2D eigenvalue weighted by Gasteiger charge is -2.34. The van der Waals surface area contributed by atoms with E-state index >= 15 is 0 Å². The van der Waals surface area contributed by atoms with E-state index in [-0.39, 0.29) is 19.1 Å². The summed E-state index contributed by atoms with van der Waals surface area (Å²) in [7, 11) is 1.46. The molecule has 202 valence electrons. The predicted octanol–water partition coefficient (Wildman–Crippen LogP) is 4.10. The topological polar surface area (TPSA) is 99.2 Å². The first-order valence-electron chi connectivity index (χ1n) is 13.2. The minimum absolute atomic E-state index is 0.109. The highest BCUT2D eigenvalue weighted by atomic mass is 16.5. The fourth-order valence-corrected chi connectivity index (χ4v) is 5.70. The Hall–Kier alpha value is -4.17. The van der Waals surface area contributed by atoms with E-state index in [1.54, 1.807) is 0 Å². The van der Waals surface area contributed by atoms with Crippen molar-refractivity contribution in [1.29, 1.82) is 0 Å². The number of nitrogens with one attached hydrogen (secondary N) is 1. The van der Waals surface area contributed by atoms with E-state index in [1.165, 1.54) is 18.9 Å². The number of fused-ring (bicyclic) bond motifs is 3. The standard InChI is InChI=1S/C31H33N3O5/c1-21(28(35)36)33(2)29(37)31(16-17-34(20-31)18-22-10-4-3-5-11-22)32-30(38)39-19-27-25-14-8-6-12-23(25)24-13-7-9-15-26(24)27/h3-15,21,27H,16-20H2,1-2H3,(H,32,38)(H,35,36). The van der Waals surface area contributed by atoms with Gasteiger partial charge in [0.25, 0.3) is 0 Å². The molecule has 5 rings (SSSR count). The average Bonchev–Trinajstić information content (AvgIpc) is 3.50. The molecular formula is C31H33N3O5. The first kappa shape index (κ1) is 26.4. The van der Waals surface area contributed by atoms with E-state index < -0.39 is 29.6 Å². The minimum atomic E-state index is -1.30. The third kappa shape index (κ3) is 5.25. The summed E-state index contributed by atoms with van der Waals surface area (Å²) in [6, 6.07) is 25.0. The Kier molecular flexibility index (Phi) is 7.39. The van der Waals surface area contributed by atoms with Crippen LogP contribution in [0.1, 0.15) is 36.0 Å². The molecule has 2 amide bonds. The molecule has 1 aliphatic heterocycles. The van der Waals surface area contributed by atoms with Gasteiger partial charge in [0.15, 0.2) is 0 Å². The largest absolute Gasteiger partial charge is 0.480 e. The molecule has 8 heteroatoms. The van der Waals surface area contributed by atoms with E-state index in [0.717, 1.165) is 27.8 Å². The molecule has 2 aliphatic rings. The zero-order chi connectivity index (χ0) is 27.6. The number of alkyl carbamates (subject to hydrolysis) is 1. The molecule has 3 aromatic rings. The summed E-state index contributed by atoms with van der Waals surface area (Å²) in [6.45, 7) is 3.01. The molecule has 1 aliphatic carbocycles. The van der Waals surface area contributed by atoms with Crippen molar-refractivity contribution in [3.63, 3.8) is 0 Å². The highest BCUT2D eigenvalue weighted by molar-refractivity contribution is 5.93. The summed E-state index contributed by atoms with van der Waals surface area (Å²) in [4.78, 5) is 41.9. The van der Waals surface area contributed by atoms with Gasteiger partial charge in [-0.25, -0.2) is 9.59 Å². The number of hydrogen-bond acceptors (Lipinski definition) is 5. The van der Waals surface area contributed by atoms with Gasteiger partial charge in [-0.2, -0.15) is 0 Å². The molecule has 0 aromatic heterocycles. The zero-order valence-corrected chi connectivity index (χ0v) is 22.2. The first-order valence-corrected chi connectivity index (χ1v) is 13.2. The normalized spacial score (nSPS) is 19.1. The van der Waals surface area contributed by atoms with Crippen molar-refractivity contribution in [2.24, 2.45) is 0 Å². The lowest BCUT2D eigenvalue weighted by molar-refractivity contribution is -0.150. The van der Waals surface area contributed by atoms with Crippen molar-refractivity contribution < 1.29 is 24.2 Å². The maximum atomic E-state index is 13.7. The van der Waals surface area contributed by atoms with E-state index in [1.807, 2.05) is 66.7 Å². The van der Waals surface area contributed by atoms with Crippen molar-refractivity contribution >= 4 is 18.0 Å². The molecule has 1 fully saturated rings. The van der Waals surface area contributed by atoms with Crippen LogP contribution in [-0.2, 0) is 20.9 Å². The molecule has 2 unspecified atom stereocenters. The van der Waals surface area contributed by atoms with Crippen LogP contribution in [0.2, 0.25) is 0 Å². The number of likely N-dealkylation sites (N-methyl/N-ethyl adjacent to an activating group) is 1. The maximum Gasteiger partial charge on any atom is 0.408 e. The van der Waals surface area contributed by atoms with Crippen LogP contribution in [0.3, 0.4) is 0 Å². The number of rotatable bonds is 8. The number of aliphatic carboxylic acids is 1. The third-order valence-corrected chi connectivity index (χ3v) is 7.95. The number of hydrogen-bond donors (Lipinski definition) is 2. The molecule has 0 spiro atoms. The fourth-order valence-electron chi connectivity index (χ4n) is 5.70. The summed E-state index contributed by atoms with van der Waals surface area (Å²) in [6.07, 6.45) is -0.345. The highest BCUT2D eigenvalue weighted by Crippen LogP contribution is 2.44. The predicted molar refractivity (Wildman–Crippen MR) is 147 cm³/mol. The highest BCUT2D eigenvalue weighted by Gasteiger charge is 2.49. The molecule has 1 heterocycles. The van der Waals surface area contributed by atoms with Crippen LogP contribution in [0.25, 0.3) is 11.1 Å². The van der Waals surface area contributed by atoms with Crippen molar-refractivity contribution in [3.8, 4) is 11.1 Å². The number of carboxylic acids is 1. The van der Waals surface area contributed by atoms with E-state index in [2.05, 4.69) is 22.3 Å². The quantitative estimate of drug-likeness (QED) is 0.458. The second kappa shape index (κ2) is 10.9. The number of carbonyl (C=O) groups is 3. The Morgan fingerprint density at radius 2 is 1.59 bits per heavy atom. The van der Waals surface area contributed by atoms with Gasteiger partial charge >= 0.3 is 12.1 Å². The number of nitrogens with zero attached hydrogens (tertiary/aromatic N) is 2. The van der Waals surface area contributed by atoms with Crippen LogP contribution in [-0.4, -0.2) is 71.2 Å². The first-order chi connectivity index (χ1) is 18.8. The Labute approximate surface area is 228 Å². The van der Waals surface area contributed by atoms with Gasteiger partial charge in [0.2, 0.25) is 5.91 Å². The van der Waals surface area contributed by atoms with Crippen molar-refractivity contribution in [2.75, 3.05) is 26.7 Å². The van der Waals surface area contributed by atoms with Crippen molar-refractivity contribution in [3.05, 3.63) is 95.6 Å². The Bertz CT molecular complexity index is 1330. The van der Waals surface area contributed by atoms with E-state index in [4.69, 9.17) is 4.74 Å². The van der Waals surface area contributed by atoms with Gasteiger partial charge in [0, 0.05) is 32.6 Å². The van der Waals surface area contributed by atoms with E-state index in [0.29, 0.717) is 19.5 Å². The second-order valence-corrected chi connectivity index (χ2v) is 10.4. The second-order valence-electron chi connectivity index (χ2n) is 10.4. The molecule has 0 radical (unpaired) electrons. The lowest BCUT2D eigenvalue weighted by atomic mass is 9.96. The Morgan fingerprint density at radius 1 is 1.00 bits per heavy atom. The van der Waals surface area contributed by atoms with Gasteiger partial charge in [-0.3, -0.25) is 9.69 Å². The summed E-state index contributed by atoms with van der Waals surface area (Å²) >= 11 is 0. The SMILES string of the molecule is CC(C(=O)O)N(C)C(=O)C1(NC(=O)OCC2c3ccccc3-c3ccccc32)CCN(Cc2ccccc2)C1. The van der Waals surface area contributed by atoms with Crippen LogP contribution >= 0.6 is 0 Å². The van der Waals surface area contributed by atoms with Gasteiger partial charge in [-0.1, -0.05) is 78.9 Å². The van der Waals surface area contributed by atoms with E-state index in [9.17, 15) is 19.5 Å². The summed E-state index contributed by atoms with van der Waals surface area (Å²) < 4.78 is 5.76. The molecule has 1 saturated heterocycles. The number of ether oxygens (including phenoxy) is 1. The third-order valence-electron chi connectivity index (χ3n) is 7.95. The fraction of sp³-hybridized carbons (Fsp3) is 0.323. The summed E-state index contributed by atoms with van der Waals surface area (Å²) in [5, 5.41) is 12.4. The van der Waals surface area contributed by atoms with Crippen molar-refractivity contribution in [2.45, 2.75) is 37.4 Å².